The number of ether oxygens (including phenoxy) is 1. The molecule has 1 aromatic heterocycles. The minimum absolute atomic E-state index is 0.319. The number of halogens is 1. The summed E-state index contributed by atoms with van der Waals surface area (Å²) in [5, 5.41) is 3.26. The quantitative estimate of drug-likeness (QED) is 0.790. The number of nitrogens with one attached hydrogen (secondary N) is 1. The lowest BCUT2D eigenvalue weighted by Gasteiger charge is -2.12. The Bertz CT molecular complexity index is 502. The highest BCUT2D eigenvalue weighted by molar-refractivity contribution is 7.09. The van der Waals surface area contributed by atoms with E-state index in [9.17, 15) is 4.39 Å². The van der Waals surface area contributed by atoms with E-state index in [1.807, 2.05) is 6.07 Å². The van der Waals surface area contributed by atoms with Crippen molar-refractivity contribution < 1.29 is 9.13 Å². The fourth-order valence-electron chi connectivity index (χ4n) is 1.71. The average Bonchev–Trinajstić information content (AvgIpc) is 2.91. The second kappa shape index (κ2) is 7.21. The van der Waals surface area contributed by atoms with Crippen molar-refractivity contribution in [2.24, 2.45) is 0 Å². The molecule has 19 heavy (non-hydrogen) atoms. The summed E-state index contributed by atoms with van der Waals surface area (Å²) in [5.41, 5.74) is 2.59. The second-order valence-corrected chi connectivity index (χ2v) is 5.13. The van der Waals surface area contributed by atoms with Gasteiger partial charge in [-0.2, -0.15) is 0 Å². The summed E-state index contributed by atoms with van der Waals surface area (Å²) in [5.74, 6) is 0.0137. The van der Waals surface area contributed by atoms with Gasteiger partial charge in [0.05, 0.1) is 10.4 Å². The van der Waals surface area contributed by atoms with Crippen LogP contribution in [-0.4, -0.2) is 11.5 Å². The lowest BCUT2D eigenvalue weighted by molar-refractivity contribution is 0.289. The first-order valence-electron chi connectivity index (χ1n) is 6.29. The highest BCUT2D eigenvalue weighted by atomic mass is 32.1. The summed E-state index contributed by atoms with van der Waals surface area (Å²) in [7, 11) is 0. The van der Waals surface area contributed by atoms with Crippen LogP contribution in [0.1, 0.15) is 23.8 Å². The zero-order valence-corrected chi connectivity index (χ0v) is 11.7. The summed E-state index contributed by atoms with van der Waals surface area (Å²) < 4.78 is 19.4. The molecule has 0 saturated heterocycles. The van der Waals surface area contributed by atoms with E-state index in [0.29, 0.717) is 18.9 Å². The molecule has 1 heterocycles. The lowest BCUT2D eigenvalue weighted by Crippen LogP contribution is -2.15. The number of hydrogen-bond acceptors (Lipinski definition) is 4. The molecular weight excluding hydrogens is 263 g/mol. The summed E-state index contributed by atoms with van der Waals surface area (Å²) in [6, 6.07) is 5.01. The Morgan fingerprint density at radius 2 is 2.32 bits per heavy atom. The highest BCUT2D eigenvalue weighted by Gasteiger charge is 2.10. The van der Waals surface area contributed by atoms with Gasteiger partial charge in [0.1, 0.15) is 6.61 Å². The Morgan fingerprint density at radius 1 is 1.42 bits per heavy atom. The third-order valence-corrected chi connectivity index (χ3v) is 3.39. The average molecular weight is 280 g/mol. The highest BCUT2D eigenvalue weighted by Crippen LogP contribution is 2.24. The van der Waals surface area contributed by atoms with Crippen molar-refractivity contribution in [1.29, 1.82) is 0 Å². The molecule has 0 unspecified atom stereocenters. The van der Waals surface area contributed by atoms with Crippen LogP contribution in [0.2, 0.25) is 0 Å². The molecule has 0 amide bonds. The summed E-state index contributed by atoms with van der Waals surface area (Å²) in [6.07, 6.45) is 2.78. The van der Waals surface area contributed by atoms with Crippen molar-refractivity contribution in [2.45, 2.75) is 26.5 Å². The Balaban J connectivity index is 2.04. The Hall–Kier alpha value is -1.46. The van der Waals surface area contributed by atoms with Crippen molar-refractivity contribution in [3.63, 3.8) is 0 Å². The minimum atomic E-state index is -0.319. The number of rotatable bonds is 7. The fourth-order valence-corrected chi connectivity index (χ4v) is 2.22. The molecule has 0 aliphatic carbocycles. The maximum Gasteiger partial charge on any atom is 0.165 e. The van der Waals surface area contributed by atoms with Gasteiger partial charge in [-0.15, -0.1) is 11.3 Å². The predicted octanol–water partition coefficient (Wildman–Crippen LogP) is 3.36. The van der Waals surface area contributed by atoms with Gasteiger partial charge in [0.15, 0.2) is 11.6 Å². The van der Waals surface area contributed by atoms with E-state index < -0.39 is 0 Å². The largest absolute Gasteiger partial charge is 0.485 e. The predicted molar refractivity (Wildman–Crippen MR) is 74.8 cm³/mol. The molecule has 0 spiro atoms. The first-order valence-corrected chi connectivity index (χ1v) is 7.17. The number of nitrogens with zero attached hydrogens (tertiary/aromatic N) is 1. The fraction of sp³-hybridized carbons (Fsp3) is 0.357. The van der Waals surface area contributed by atoms with Crippen LogP contribution >= 0.6 is 11.3 Å². The molecule has 5 heteroatoms. The van der Waals surface area contributed by atoms with Crippen molar-refractivity contribution >= 4 is 11.3 Å². The molecule has 1 aromatic carbocycles. The molecule has 1 N–H and O–H groups in total. The molecule has 0 fully saturated rings. The molecule has 0 aliphatic heterocycles. The summed E-state index contributed by atoms with van der Waals surface area (Å²) in [6.45, 7) is 3.97. The number of hydrogen-bond donors (Lipinski definition) is 1. The summed E-state index contributed by atoms with van der Waals surface area (Å²) in [4.78, 5) is 4.95. The van der Waals surface area contributed by atoms with Gasteiger partial charge >= 0.3 is 0 Å². The Kier molecular flexibility index (Phi) is 5.30. The van der Waals surface area contributed by atoms with E-state index in [1.54, 1.807) is 17.8 Å². The van der Waals surface area contributed by atoms with Crippen LogP contribution < -0.4 is 10.1 Å². The van der Waals surface area contributed by atoms with Gasteiger partial charge in [-0.1, -0.05) is 19.1 Å². The van der Waals surface area contributed by atoms with Crippen LogP contribution in [0.3, 0.4) is 0 Å². The van der Waals surface area contributed by atoms with Crippen LogP contribution in [0, 0.1) is 5.82 Å². The third kappa shape index (κ3) is 4.01. The second-order valence-electron chi connectivity index (χ2n) is 4.16. The van der Waals surface area contributed by atoms with E-state index in [0.717, 1.165) is 23.4 Å². The topological polar surface area (TPSA) is 34.1 Å². The van der Waals surface area contributed by atoms with Crippen LogP contribution in [0.25, 0.3) is 0 Å². The van der Waals surface area contributed by atoms with E-state index in [4.69, 9.17) is 4.74 Å². The minimum Gasteiger partial charge on any atom is -0.485 e. The van der Waals surface area contributed by atoms with Crippen molar-refractivity contribution in [3.8, 4) is 5.75 Å². The maximum absolute atomic E-state index is 13.8. The first kappa shape index (κ1) is 14.0. The van der Waals surface area contributed by atoms with Crippen LogP contribution in [0.5, 0.6) is 5.75 Å². The molecule has 0 bridgehead atoms. The van der Waals surface area contributed by atoms with E-state index in [2.05, 4.69) is 17.2 Å². The van der Waals surface area contributed by atoms with Crippen molar-refractivity contribution in [3.05, 3.63) is 46.2 Å². The van der Waals surface area contributed by atoms with Gasteiger partial charge in [-0.25, -0.2) is 4.39 Å². The lowest BCUT2D eigenvalue weighted by atomic mass is 10.2. The van der Waals surface area contributed by atoms with Crippen LogP contribution in [0.4, 0.5) is 4.39 Å². The number of aromatic nitrogens is 1. The summed E-state index contributed by atoms with van der Waals surface area (Å²) >= 11 is 1.50. The molecule has 0 saturated carbocycles. The molecule has 2 aromatic rings. The third-order valence-electron chi connectivity index (χ3n) is 2.63. The number of para-hydroxylation sites is 1. The molecule has 2 rings (SSSR count). The normalized spacial score (nSPS) is 10.6. The molecule has 0 atom stereocenters. The first-order chi connectivity index (χ1) is 9.31. The van der Waals surface area contributed by atoms with Crippen LogP contribution in [0.15, 0.2) is 29.9 Å². The Labute approximate surface area is 116 Å². The van der Waals surface area contributed by atoms with Crippen molar-refractivity contribution in [1.82, 2.24) is 10.3 Å². The van der Waals surface area contributed by atoms with E-state index in [1.165, 1.54) is 17.4 Å². The van der Waals surface area contributed by atoms with Gasteiger partial charge in [0, 0.05) is 18.3 Å². The number of benzene rings is 1. The van der Waals surface area contributed by atoms with Crippen molar-refractivity contribution in [2.75, 3.05) is 6.54 Å². The zero-order valence-electron chi connectivity index (χ0n) is 10.9. The maximum atomic E-state index is 13.8. The van der Waals surface area contributed by atoms with E-state index in [-0.39, 0.29) is 5.82 Å². The van der Waals surface area contributed by atoms with Gasteiger partial charge < -0.3 is 10.1 Å². The monoisotopic (exact) mass is 280 g/mol. The molecule has 3 nitrogen and oxygen atoms in total. The molecule has 102 valence electrons. The van der Waals surface area contributed by atoms with Gasteiger partial charge in [-0.05, 0) is 19.0 Å². The van der Waals surface area contributed by atoms with E-state index >= 15 is 0 Å². The Morgan fingerprint density at radius 3 is 3.05 bits per heavy atom. The molecule has 0 aliphatic rings. The molecule has 0 radical (unpaired) electrons. The smallest absolute Gasteiger partial charge is 0.165 e. The van der Waals surface area contributed by atoms with Gasteiger partial charge in [0.2, 0.25) is 0 Å². The standard InChI is InChI=1S/C14H17FN2OS/c1-2-6-16-7-11-4-3-5-13(15)14(11)18-9-12-8-17-10-19-12/h3-5,8,10,16H,2,6-7,9H2,1H3. The van der Waals surface area contributed by atoms with Gasteiger partial charge in [-0.3, -0.25) is 4.98 Å². The van der Waals surface area contributed by atoms with Gasteiger partial charge in [0.25, 0.3) is 0 Å². The zero-order chi connectivity index (χ0) is 13.5. The van der Waals surface area contributed by atoms with Crippen LogP contribution in [-0.2, 0) is 13.2 Å². The molecular formula is C14H17FN2OS. The number of thiazole rings is 1. The SMILES string of the molecule is CCCNCc1cccc(F)c1OCc1cncs1.